The number of hydrogen-bond acceptors (Lipinski definition) is 3. The van der Waals surface area contributed by atoms with Gasteiger partial charge < -0.3 is 0 Å². The minimum atomic E-state index is -0.239. The number of amides is 2. The molecule has 0 bridgehead atoms. The number of imide groups is 1. The molecule has 112 valence electrons. The fourth-order valence-electron chi connectivity index (χ4n) is 3.14. The van der Waals surface area contributed by atoms with Gasteiger partial charge in [-0.05, 0) is 50.7 Å². The summed E-state index contributed by atoms with van der Waals surface area (Å²) in [6, 6.07) is 1.69. The molecule has 1 aromatic heterocycles. The molecule has 0 fully saturated rings. The zero-order valence-electron chi connectivity index (χ0n) is 12.9. The zero-order valence-corrected chi connectivity index (χ0v) is 12.9. The smallest absolute Gasteiger partial charge is 0.262 e. The highest BCUT2D eigenvalue weighted by atomic mass is 16.2. The van der Waals surface area contributed by atoms with Gasteiger partial charge >= 0.3 is 0 Å². The molecule has 1 atom stereocenters. The first-order valence-corrected chi connectivity index (χ1v) is 7.40. The van der Waals surface area contributed by atoms with E-state index < -0.39 is 0 Å². The van der Waals surface area contributed by atoms with Crippen molar-refractivity contribution in [2.45, 2.75) is 40.0 Å². The molecule has 1 aliphatic carbocycles. The van der Waals surface area contributed by atoms with Crippen molar-refractivity contribution in [1.82, 2.24) is 4.98 Å². The predicted molar refractivity (Wildman–Crippen MR) is 82.5 cm³/mol. The molecule has 1 aliphatic heterocycles. The van der Waals surface area contributed by atoms with Gasteiger partial charge in [-0.3, -0.25) is 9.59 Å². The van der Waals surface area contributed by atoms with Crippen molar-refractivity contribution < 1.29 is 9.59 Å². The molecule has 0 saturated carbocycles. The van der Waals surface area contributed by atoms with Crippen LogP contribution in [0.1, 0.15) is 37.4 Å². The molecule has 1 unspecified atom stereocenters. The number of hydrogen-bond donors (Lipinski definition) is 0. The van der Waals surface area contributed by atoms with Crippen LogP contribution in [0, 0.1) is 26.3 Å². The molecule has 22 heavy (non-hydrogen) atoms. The maximum atomic E-state index is 12.7. The van der Waals surface area contributed by atoms with Gasteiger partial charge in [0.1, 0.15) is 5.82 Å². The standard InChI is InChI=1S/C17H17N3O2/c1-9-5-6-12-13(7-9)17(22)20(16(12)21)15-10(2)8-14(18-4)11(3)19-15/h8-9H,5-7H2,1-3H3. The normalized spacial score (nSPS) is 21.2. The Morgan fingerprint density at radius 1 is 1.27 bits per heavy atom. The molecule has 0 aromatic carbocycles. The molecule has 0 spiro atoms. The third-order valence-corrected chi connectivity index (χ3v) is 4.41. The van der Waals surface area contributed by atoms with Gasteiger partial charge in [-0.15, -0.1) is 0 Å². The highest BCUT2D eigenvalue weighted by Gasteiger charge is 2.42. The van der Waals surface area contributed by atoms with E-state index in [0.717, 1.165) is 6.42 Å². The molecule has 0 N–H and O–H groups in total. The molecular weight excluding hydrogens is 278 g/mol. The van der Waals surface area contributed by atoms with Crippen molar-refractivity contribution in [3.8, 4) is 0 Å². The number of aryl methyl sites for hydroxylation is 2. The van der Waals surface area contributed by atoms with Crippen molar-refractivity contribution in [2.24, 2.45) is 5.92 Å². The maximum Gasteiger partial charge on any atom is 0.262 e. The van der Waals surface area contributed by atoms with Gasteiger partial charge in [0, 0.05) is 16.8 Å². The van der Waals surface area contributed by atoms with Crippen LogP contribution in [-0.4, -0.2) is 16.8 Å². The van der Waals surface area contributed by atoms with Crippen molar-refractivity contribution in [1.29, 1.82) is 0 Å². The number of anilines is 1. The summed E-state index contributed by atoms with van der Waals surface area (Å²) in [6.07, 6.45) is 2.26. The number of nitrogens with zero attached hydrogens (tertiary/aromatic N) is 3. The Labute approximate surface area is 129 Å². The molecule has 2 amide bonds. The average molecular weight is 295 g/mol. The van der Waals surface area contributed by atoms with Gasteiger partial charge in [0.25, 0.3) is 11.8 Å². The summed E-state index contributed by atoms with van der Waals surface area (Å²) in [5, 5.41) is 0. The molecule has 2 aliphatic rings. The Morgan fingerprint density at radius 3 is 2.64 bits per heavy atom. The summed E-state index contributed by atoms with van der Waals surface area (Å²) in [4.78, 5) is 34.2. The third kappa shape index (κ3) is 2.03. The number of pyridine rings is 1. The third-order valence-electron chi connectivity index (χ3n) is 4.41. The Kier molecular flexibility index (Phi) is 3.32. The van der Waals surface area contributed by atoms with Crippen LogP contribution in [0.15, 0.2) is 17.2 Å². The Balaban J connectivity index is 2.05. The molecule has 3 rings (SSSR count). The summed E-state index contributed by atoms with van der Waals surface area (Å²) >= 11 is 0. The molecule has 0 saturated heterocycles. The summed E-state index contributed by atoms with van der Waals surface area (Å²) in [7, 11) is 0. The van der Waals surface area contributed by atoms with Gasteiger partial charge in [-0.1, -0.05) is 6.92 Å². The maximum absolute atomic E-state index is 12.7. The highest BCUT2D eigenvalue weighted by Crippen LogP contribution is 2.38. The monoisotopic (exact) mass is 295 g/mol. The first kappa shape index (κ1) is 14.5. The quantitative estimate of drug-likeness (QED) is 0.590. The lowest BCUT2D eigenvalue weighted by molar-refractivity contribution is -0.120. The van der Waals surface area contributed by atoms with Gasteiger partial charge in [0.15, 0.2) is 0 Å². The largest absolute Gasteiger partial charge is 0.269 e. The van der Waals surface area contributed by atoms with Crippen LogP contribution < -0.4 is 4.90 Å². The van der Waals surface area contributed by atoms with E-state index >= 15 is 0 Å². The van der Waals surface area contributed by atoms with Crippen LogP contribution in [0.25, 0.3) is 4.85 Å². The average Bonchev–Trinajstić information content (AvgIpc) is 2.72. The summed E-state index contributed by atoms with van der Waals surface area (Å²) in [5.74, 6) is 0.312. The van der Waals surface area contributed by atoms with Crippen LogP contribution in [0.4, 0.5) is 11.5 Å². The first-order chi connectivity index (χ1) is 10.4. The Morgan fingerprint density at radius 2 is 1.95 bits per heavy atom. The lowest BCUT2D eigenvalue weighted by Crippen LogP contribution is -2.33. The van der Waals surface area contributed by atoms with E-state index in [-0.39, 0.29) is 11.8 Å². The number of rotatable bonds is 1. The van der Waals surface area contributed by atoms with E-state index in [0.29, 0.717) is 52.7 Å². The second-order valence-corrected chi connectivity index (χ2v) is 6.10. The molecule has 1 aromatic rings. The van der Waals surface area contributed by atoms with Crippen molar-refractivity contribution in [3.05, 3.63) is 39.9 Å². The van der Waals surface area contributed by atoms with Gasteiger partial charge in [0.05, 0.1) is 6.57 Å². The van der Waals surface area contributed by atoms with Gasteiger partial charge in [-0.2, -0.15) is 0 Å². The summed E-state index contributed by atoms with van der Waals surface area (Å²) in [5.41, 5.74) is 2.96. The second kappa shape index (κ2) is 5.06. The fraction of sp³-hybridized carbons (Fsp3) is 0.412. The number of carbonyl (C=O) groups is 2. The summed E-state index contributed by atoms with van der Waals surface area (Å²) < 4.78 is 0. The summed E-state index contributed by atoms with van der Waals surface area (Å²) in [6.45, 7) is 12.7. The van der Waals surface area contributed by atoms with E-state index in [1.54, 1.807) is 19.9 Å². The van der Waals surface area contributed by atoms with Crippen molar-refractivity contribution in [2.75, 3.05) is 4.90 Å². The lowest BCUT2D eigenvalue weighted by atomic mass is 9.86. The van der Waals surface area contributed by atoms with Gasteiger partial charge in [0.2, 0.25) is 5.69 Å². The topological polar surface area (TPSA) is 54.6 Å². The first-order valence-electron chi connectivity index (χ1n) is 7.40. The molecular formula is C17H17N3O2. The lowest BCUT2D eigenvalue weighted by Gasteiger charge is -2.17. The van der Waals surface area contributed by atoms with E-state index in [1.165, 1.54) is 4.90 Å². The van der Waals surface area contributed by atoms with Crippen molar-refractivity contribution >= 4 is 23.3 Å². The Bertz CT molecular complexity index is 771. The van der Waals surface area contributed by atoms with Crippen LogP contribution >= 0.6 is 0 Å². The van der Waals surface area contributed by atoms with Crippen LogP contribution in [0.3, 0.4) is 0 Å². The Hall–Kier alpha value is -2.48. The van der Waals surface area contributed by atoms with Gasteiger partial charge in [-0.25, -0.2) is 14.7 Å². The van der Waals surface area contributed by atoms with Crippen LogP contribution in [0.5, 0.6) is 0 Å². The van der Waals surface area contributed by atoms with E-state index in [4.69, 9.17) is 6.57 Å². The van der Waals surface area contributed by atoms with Crippen LogP contribution in [0.2, 0.25) is 0 Å². The van der Waals surface area contributed by atoms with E-state index in [2.05, 4.69) is 16.8 Å². The SMILES string of the molecule is [C-]#[N+]c1cc(C)c(N2C(=O)C3=C(CC(C)CC3)C2=O)nc1C. The van der Waals surface area contributed by atoms with E-state index in [9.17, 15) is 9.59 Å². The van der Waals surface area contributed by atoms with E-state index in [1.807, 2.05) is 0 Å². The van der Waals surface area contributed by atoms with Crippen LogP contribution in [-0.2, 0) is 9.59 Å². The van der Waals surface area contributed by atoms with Crippen molar-refractivity contribution in [3.63, 3.8) is 0 Å². The minimum absolute atomic E-state index is 0.238. The predicted octanol–water partition coefficient (Wildman–Crippen LogP) is 3.24. The highest BCUT2D eigenvalue weighted by molar-refractivity contribution is 6.32. The molecule has 0 radical (unpaired) electrons. The number of carbonyl (C=O) groups excluding carboxylic acids is 2. The second-order valence-electron chi connectivity index (χ2n) is 6.10. The molecule has 2 heterocycles. The zero-order chi connectivity index (χ0) is 16.0. The molecule has 5 nitrogen and oxygen atoms in total. The minimum Gasteiger partial charge on any atom is -0.269 e. The fourth-order valence-corrected chi connectivity index (χ4v) is 3.14. The molecule has 5 heteroatoms. The number of aromatic nitrogens is 1.